The summed E-state index contributed by atoms with van der Waals surface area (Å²) in [4.78, 5) is 2.41. The highest BCUT2D eigenvalue weighted by atomic mass is 16.5. The van der Waals surface area contributed by atoms with Gasteiger partial charge in [-0.2, -0.15) is 0 Å². The normalized spacial score (nSPS) is 14.3. The lowest BCUT2D eigenvalue weighted by Crippen LogP contribution is -2.49. The van der Waals surface area contributed by atoms with E-state index in [1.165, 1.54) is 5.56 Å². The van der Waals surface area contributed by atoms with Crippen molar-refractivity contribution in [3.8, 4) is 0 Å². The van der Waals surface area contributed by atoms with Crippen LogP contribution in [0.5, 0.6) is 0 Å². The minimum absolute atomic E-state index is 0.342. The fourth-order valence-corrected chi connectivity index (χ4v) is 2.69. The lowest BCUT2D eigenvalue weighted by Gasteiger charge is -2.35. The van der Waals surface area contributed by atoms with Crippen molar-refractivity contribution in [3.63, 3.8) is 0 Å². The Kier molecular flexibility index (Phi) is 9.26. The second-order valence-electron chi connectivity index (χ2n) is 5.45. The first-order chi connectivity index (χ1) is 10.2. The molecule has 0 radical (unpaired) electrons. The van der Waals surface area contributed by atoms with Crippen molar-refractivity contribution in [1.29, 1.82) is 0 Å². The second kappa shape index (κ2) is 10.7. The van der Waals surface area contributed by atoms with Crippen molar-refractivity contribution in [3.05, 3.63) is 35.9 Å². The molecule has 0 heterocycles. The molecule has 0 spiro atoms. The molecular formula is C17H30N2O2. The molecule has 4 heteroatoms. The van der Waals surface area contributed by atoms with Gasteiger partial charge in [-0.15, -0.1) is 0 Å². The first-order valence-electron chi connectivity index (χ1n) is 7.70. The van der Waals surface area contributed by atoms with Crippen molar-refractivity contribution in [1.82, 2.24) is 4.90 Å². The molecule has 0 fully saturated rings. The molecule has 2 atom stereocenters. The Hall–Kier alpha value is -0.940. The molecule has 0 saturated heterocycles. The van der Waals surface area contributed by atoms with E-state index in [-0.39, 0.29) is 0 Å². The van der Waals surface area contributed by atoms with Crippen LogP contribution in [0.2, 0.25) is 0 Å². The monoisotopic (exact) mass is 294 g/mol. The summed E-state index contributed by atoms with van der Waals surface area (Å²) in [7, 11) is 3.48. The number of hydrogen-bond acceptors (Lipinski definition) is 4. The zero-order chi connectivity index (χ0) is 15.5. The van der Waals surface area contributed by atoms with Gasteiger partial charge in [-0.25, -0.2) is 0 Å². The van der Waals surface area contributed by atoms with Gasteiger partial charge in [0.15, 0.2) is 0 Å². The van der Waals surface area contributed by atoms with Gasteiger partial charge < -0.3 is 15.2 Å². The maximum Gasteiger partial charge on any atom is 0.0615 e. The van der Waals surface area contributed by atoms with E-state index in [9.17, 15) is 0 Å². The second-order valence-corrected chi connectivity index (χ2v) is 5.45. The van der Waals surface area contributed by atoms with E-state index in [2.05, 4.69) is 42.2 Å². The summed E-state index contributed by atoms with van der Waals surface area (Å²) in [5.74, 6) is 0. The molecule has 120 valence electrons. The molecule has 0 aliphatic rings. The Morgan fingerprint density at radius 2 is 1.86 bits per heavy atom. The van der Waals surface area contributed by atoms with Gasteiger partial charge in [0.1, 0.15) is 0 Å². The summed E-state index contributed by atoms with van der Waals surface area (Å²) in [6.07, 6.45) is 2.10. The van der Waals surface area contributed by atoms with Crippen LogP contribution in [0.3, 0.4) is 0 Å². The third kappa shape index (κ3) is 6.57. The highest BCUT2D eigenvalue weighted by molar-refractivity contribution is 5.14. The van der Waals surface area contributed by atoms with E-state index in [1.807, 2.05) is 0 Å². The zero-order valence-electron chi connectivity index (χ0n) is 13.6. The fraction of sp³-hybridized carbons (Fsp3) is 0.647. The molecule has 2 unspecified atom stereocenters. The SMILES string of the molecule is COCCN(C(C)COC)C(CN)CCc1ccccc1. The number of nitrogens with zero attached hydrogens (tertiary/aromatic N) is 1. The first kappa shape index (κ1) is 18.1. The Balaban J connectivity index is 2.61. The third-order valence-electron chi connectivity index (χ3n) is 3.88. The molecule has 4 nitrogen and oxygen atoms in total. The van der Waals surface area contributed by atoms with Crippen LogP contribution in [-0.2, 0) is 15.9 Å². The first-order valence-corrected chi connectivity index (χ1v) is 7.70. The third-order valence-corrected chi connectivity index (χ3v) is 3.88. The Bertz CT molecular complexity index is 359. The van der Waals surface area contributed by atoms with Gasteiger partial charge in [0.25, 0.3) is 0 Å². The highest BCUT2D eigenvalue weighted by Crippen LogP contribution is 2.13. The van der Waals surface area contributed by atoms with E-state index < -0.39 is 0 Å². The molecule has 0 saturated carbocycles. The van der Waals surface area contributed by atoms with E-state index in [0.29, 0.717) is 25.2 Å². The number of ether oxygens (including phenoxy) is 2. The van der Waals surface area contributed by atoms with Crippen LogP contribution in [0.1, 0.15) is 18.9 Å². The molecule has 1 aromatic rings. The Morgan fingerprint density at radius 1 is 1.14 bits per heavy atom. The minimum atomic E-state index is 0.342. The van der Waals surface area contributed by atoms with Gasteiger partial charge in [0, 0.05) is 39.4 Å². The van der Waals surface area contributed by atoms with Crippen molar-refractivity contribution < 1.29 is 9.47 Å². The van der Waals surface area contributed by atoms with Gasteiger partial charge in [-0.3, -0.25) is 4.90 Å². The van der Waals surface area contributed by atoms with E-state index in [4.69, 9.17) is 15.2 Å². The van der Waals surface area contributed by atoms with Crippen molar-refractivity contribution in [2.45, 2.75) is 31.8 Å². The average Bonchev–Trinajstić information content (AvgIpc) is 2.51. The predicted octanol–water partition coefficient (Wildman–Crippen LogP) is 1.93. The molecule has 0 aromatic heterocycles. The Morgan fingerprint density at radius 3 is 2.43 bits per heavy atom. The summed E-state index contributed by atoms with van der Waals surface area (Å²) in [6, 6.07) is 11.3. The molecule has 2 N–H and O–H groups in total. The molecule has 21 heavy (non-hydrogen) atoms. The molecule has 0 aliphatic heterocycles. The number of rotatable bonds is 11. The van der Waals surface area contributed by atoms with Crippen LogP contribution in [-0.4, -0.2) is 57.5 Å². The molecule has 0 amide bonds. The molecule has 1 aromatic carbocycles. The van der Waals surface area contributed by atoms with Crippen molar-refractivity contribution >= 4 is 0 Å². The lowest BCUT2D eigenvalue weighted by atomic mass is 10.0. The number of methoxy groups -OCH3 is 2. The van der Waals surface area contributed by atoms with Crippen molar-refractivity contribution in [2.24, 2.45) is 5.73 Å². The molecular weight excluding hydrogens is 264 g/mol. The smallest absolute Gasteiger partial charge is 0.0615 e. The predicted molar refractivity (Wildman–Crippen MR) is 87.5 cm³/mol. The summed E-state index contributed by atoms with van der Waals surface area (Å²) < 4.78 is 10.5. The summed E-state index contributed by atoms with van der Waals surface area (Å²) in [5, 5.41) is 0. The number of benzene rings is 1. The largest absolute Gasteiger partial charge is 0.383 e. The summed E-state index contributed by atoms with van der Waals surface area (Å²) in [5.41, 5.74) is 7.38. The number of aryl methyl sites for hydroxylation is 1. The van der Waals surface area contributed by atoms with Gasteiger partial charge in [0.05, 0.1) is 13.2 Å². The maximum atomic E-state index is 6.02. The molecule has 0 bridgehead atoms. The van der Waals surface area contributed by atoms with Crippen LogP contribution in [0.4, 0.5) is 0 Å². The zero-order valence-corrected chi connectivity index (χ0v) is 13.6. The fourth-order valence-electron chi connectivity index (χ4n) is 2.69. The van der Waals surface area contributed by atoms with Crippen LogP contribution in [0.15, 0.2) is 30.3 Å². The number of hydrogen-bond donors (Lipinski definition) is 1. The molecule has 1 rings (SSSR count). The van der Waals surface area contributed by atoms with Gasteiger partial charge >= 0.3 is 0 Å². The average molecular weight is 294 g/mol. The van der Waals surface area contributed by atoms with Crippen LogP contribution < -0.4 is 5.73 Å². The highest BCUT2D eigenvalue weighted by Gasteiger charge is 2.22. The van der Waals surface area contributed by atoms with E-state index in [0.717, 1.165) is 26.0 Å². The minimum Gasteiger partial charge on any atom is -0.383 e. The topological polar surface area (TPSA) is 47.7 Å². The number of nitrogens with two attached hydrogens (primary N) is 1. The Labute approximate surface area is 129 Å². The van der Waals surface area contributed by atoms with E-state index in [1.54, 1.807) is 14.2 Å². The molecule has 0 aliphatic carbocycles. The van der Waals surface area contributed by atoms with Crippen LogP contribution in [0.25, 0.3) is 0 Å². The lowest BCUT2D eigenvalue weighted by molar-refractivity contribution is 0.0467. The van der Waals surface area contributed by atoms with Crippen LogP contribution >= 0.6 is 0 Å². The standard InChI is InChI=1S/C17H30N2O2/c1-15(14-21-3)19(11-12-20-2)17(13-18)10-9-16-7-5-4-6-8-16/h4-8,15,17H,9-14,18H2,1-3H3. The summed E-state index contributed by atoms with van der Waals surface area (Å²) in [6.45, 7) is 5.16. The van der Waals surface area contributed by atoms with Crippen molar-refractivity contribution in [2.75, 3.05) is 40.5 Å². The maximum absolute atomic E-state index is 6.02. The van der Waals surface area contributed by atoms with Gasteiger partial charge in [-0.1, -0.05) is 30.3 Å². The van der Waals surface area contributed by atoms with Gasteiger partial charge in [0.2, 0.25) is 0 Å². The van der Waals surface area contributed by atoms with Crippen LogP contribution in [0, 0.1) is 0 Å². The summed E-state index contributed by atoms with van der Waals surface area (Å²) >= 11 is 0. The van der Waals surface area contributed by atoms with E-state index >= 15 is 0 Å². The van der Waals surface area contributed by atoms with Gasteiger partial charge in [-0.05, 0) is 25.3 Å². The quantitative estimate of drug-likeness (QED) is 0.677.